The Morgan fingerprint density at radius 2 is 1.76 bits per heavy atom. The van der Waals surface area contributed by atoms with Crippen molar-refractivity contribution < 1.29 is 16.1 Å². The molecule has 0 spiro atoms. The Hall–Kier alpha value is -3.16. The molecular formula is C26H33N3O3S. The lowest BCUT2D eigenvalue weighted by Crippen LogP contribution is -2.31. The maximum Gasteiger partial charge on any atom is 0.319 e. The highest BCUT2D eigenvalue weighted by Crippen LogP contribution is 2.23. The summed E-state index contributed by atoms with van der Waals surface area (Å²) in [5.74, 6) is -0.0498. The number of rotatable bonds is 6. The second-order valence-corrected chi connectivity index (χ2v) is 10.6. The molecule has 1 aliphatic heterocycles. The Morgan fingerprint density at radius 3 is 2.48 bits per heavy atom. The van der Waals surface area contributed by atoms with Crippen molar-refractivity contribution in [1.82, 2.24) is 10.2 Å². The van der Waals surface area contributed by atoms with Crippen molar-refractivity contribution in [2.75, 3.05) is 18.9 Å². The largest absolute Gasteiger partial charge is 0.331 e. The number of likely N-dealkylation sites (N-methyl/N-ethyl adjacent to an activating group) is 1. The molecule has 3 aromatic rings. The van der Waals surface area contributed by atoms with Gasteiger partial charge in [0.05, 0.1) is 16.7 Å². The molecule has 3 aromatic carbocycles. The molecule has 1 aliphatic rings. The van der Waals surface area contributed by atoms with Gasteiger partial charge in [-0.25, -0.2) is 13.2 Å². The lowest BCUT2D eigenvalue weighted by atomic mass is 9.98. The molecule has 1 atom stereocenters. The number of hydrogen-bond acceptors (Lipinski definition) is 4. The SMILES string of the molecule is C[C@H](NC(=O)Nc1ccc(S(=O)(=O)Cc2ccc3c(c2)CN(C)CC3)cc1)c1ccccc1.[HH].[HH]. The van der Waals surface area contributed by atoms with E-state index in [-0.39, 0.29) is 25.6 Å². The molecule has 33 heavy (non-hydrogen) atoms. The van der Waals surface area contributed by atoms with Crippen LogP contribution in [0, 0.1) is 0 Å². The Kier molecular flexibility index (Phi) is 6.81. The maximum atomic E-state index is 13.0. The van der Waals surface area contributed by atoms with Crippen LogP contribution < -0.4 is 10.6 Å². The summed E-state index contributed by atoms with van der Waals surface area (Å²) in [6.45, 7) is 3.77. The van der Waals surface area contributed by atoms with Crippen LogP contribution >= 0.6 is 0 Å². The number of fused-ring (bicyclic) bond motifs is 1. The average Bonchev–Trinajstić information content (AvgIpc) is 2.79. The van der Waals surface area contributed by atoms with Crippen molar-refractivity contribution in [2.24, 2.45) is 0 Å². The molecule has 176 valence electrons. The van der Waals surface area contributed by atoms with Crippen LogP contribution in [-0.2, 0) is 28.6 Å². The van der Waals surface area contributed by atoms with Crippen LogP contribution in [0.25, 0.3) is 0 Å². The van der Waals surface area contributed by atoms with E-state index in [1.165, 1.54) is 23.3 Å². The number of nitrogens with one attached hydrogen (secondary N) is 2. The molecule has 4 rings (SSSR count). The van der Waals surface area contributed by atoms with Gasteiger partial charge in [-0.3, -0.25) is 0 Å². The summed E-state index contributed by atoms with van der Waals surface area (Å²) < 4.78 is 25.9. The summed E-state index contributed by atoms with van der Waals surface area (Å²) >= 11 is 0. The highest BCUT2D eigenvalue weighted by Gasteiger charge is 2.19. The lowest BCUT2D eigenvalue weighted by molar-refractivity contribution is 0.249. The van der Waals surface area contributed by atoms with E-state index < -0.39 is 9.84 Å². The van der Waals surface area contributed by atoms with Crippen LogP contribution in [-0.4, -0.2) is 32.9 Å². The second kappa shape index (κ2) is 9.77. The highest BCUT2D eigenvalue weighted by atomic mass is 32.2. The van der Waals surface area contributed by atoms with Gasteiger partial charge in [-0.15, -0.1) is 0 Å². The molecule has 0 aromatic heterocycles. The number of urea groups is 1. The number of carbonyl (C=O) groups excluding carboxylic acids is 1. The smallest absolute Gasteiger partial charge is 0.319 e. The van der Waals surface area contributed by atoms with Gasteiger partial charge in [-0.1, -0.05) is 48.5 Å². The van der Waals surface area contributed by atoms with E-state index >= 15 is 0 Å². The molecule has 0 aliphatic carbocycles. The first-order valence-electron chi connectivity index (χ1n) is 11.0. The third-order valence-electron chi connectivity index (χ3n) is 5.95. The van der Waals surface area contributed by atoms with E-state index in [0.717, 1.165) is 30.6 Å². The molecule has 1 heterocycles. The number of hydrogen-bond donors (Lipinski definition) is 2. The summed E-state index contributed by atoms with van der Waals surface area (Å²) in [7, 11) is -1.42. The summed E-state index contributed by atoms with van der Waals surface area (Å²) in [5.41, 5.74) is 4.82. The summed E-state index contributed by atoms with van der Waals surface area (Å²) in [6.07, 6.45) is 0.991. The van der Waals surface area contributed by atoms with E-state index in [2.05, 4.69) is 28.6 Å². The molecular weight excluding hydrogens is 434 g/mol. The highest BCUT2D eigenvalue weighted by molar-refractivity contribution is 7.90. The van der Waals surface area contributed by atoms with Crippen molar-refractivity contribution in [1.29, 1.82) is 0 Å². The standard InChI is InChI=1S/C26H29N3O3S.2H2/c1-19(21-6-4-3-5-7-21)27-26(30)28-24-10-12-25(13-11-24)33(31,32)18-20-8-9-22-14-15-29(2)17-23(22)16-20;;/h3-13,16,19H,14-15,17-18H2,1-2H3,(H2,27,28,30);2*1H/t19-;;/m0../s1. The van der Waals surface area contributed by atoms with Crippen molar-refractivity contribution >= 4 is 21.6 Å². The van der Waals surface area contributed by atoms with Gasteiger partial charge < -0.3 is 15.5 Å². The van der Waals surface area contributed by atoms with Gasteiger partial charge in [0.15, 0.2) is 9.84 Å². The Balaban J connectivity index is 0.00000216. The molecule has 0 saturated heterocycles. The quantitative estimate of drug-likeness (QED) is 0.533. The van der Waals surface area contributed by atoms with E-state index in [9.17, 15) is 13.2 Å². The molecule has 0 bridgehead atoms. The van der Waals surface area contributed by atoms with Gasteiger partial charge in [0.2, 0.25) is 0 Å². The predicted molar refractivity (Wildman–Crippen MR) is 135 cm³/mol. The number of sulfone groups is 1. The molecule has 0 saturated carbocycles. The summed E-state index contributed by atoms with van der Waals surface area (Å²) in [4.78, 5) is 14.8. The zero-order valence-electron chi connectivity index (χ0n) is 18.9. The zero-order valence-corrected chi connectivity index (χ0v) is 19.7. The third-order valence-corrected chi connectivity index (χ3v) is 7.65. The molecule has 0 fully saturated rings. The molecule has 2 N–H and O–H groups in total. The van der Waals surface area contributed by atoms with E-state index in [4.69, 9.17) is 0 Å². The van der Waals surface area contributed by atoms with Crippen LogP contribution in [0.2, 0.25) is 0 Å². The van der Waals surface area contributed by atoms with Gasteiger partial charge >= 0.3 is 6.03 Å². The number of benzene rings is 3. The number of nitrogens with zero attached hydrogens (tertiary/aromatic N) is 1. The topological polar surface area (TPSA) is 78.5 Å². The van der Waals surface area contributed by atoms with E-state index in [1.54, 1.807) is 12.1 Å². The first-order chi connectivity index (χ1) is 15.8. The summed E-state index contributed by atoms with van der Waals surface area (Å²) in [5, 5.41) is 5.64. The Bertz CT molecular complexity index is 1240. The van der Waals surface area contributed by atoms with Crippen molar-refractivity contribution in [3.63, 3.8) is 0 Å². The zero-order chi connectivity index (χ0) is 23.4. The Morgan fingerprint density at radius 1 is 1.03 bits per heavy atom. The minimum absolute atomic E-state index is 0. The number of amides is 2. The lowest BCUT2D eigenvalue weighted by Gasteiger charge is -2.25. The number of carbonyl (C=O) groups is 1. The average molecular weight is 468 g/mol. The maximum absolute atomic E-state index is 13.0. The second-order valence-electron chi connectivity index (χ2n) is 8.61. The van der Waals surface area contributed by atoms with Crippen LogP contribution in [0.5, 0.6) is 0 Å². The minimum Gasteiger partial charge on any atom is -0.331 e. The fourth-order valence-corrected chi connectivity index (χ4v) is 5.41. The monoisotopic (exact) mass is 467 g/mol. The van der Waals surface area contributed by atoms with Crippen molar-refractivity contribution in [3.05, 3.63) is 95.1 Å². The minimum atomic E-state index is -3.50. The molecule has 7 heteroatoms. The van der Waals surface area contributed by atoms with Crippen molar-refractivity contribution in [2.45, 2.75) is 36.6 Å². The van der Waals surface area contributed by atoms with Crippen LogP contribution in [0.4, 0.5) is 10.5 Å². The predicted octanol–water partition coefficient (Wildman–Crippen LogP) is 5.02. The van der Waals surface area contributed by atoms with Gasteiger partial charge in [0.25, 0.3) is 0 Å². The van der Waals surface area contributed by atoms with Crippen molar-refractivity contribution in [3.8, 4) is 0 Å². The van der Waals surface area contributed by atoms with E-state index in [0.29, 0.717) is 5.69 Å². The van der Waals surface area contributed by atoms with Gasteiger partial charge in [0, 0.05) is 21.6 Å². The van der Waals surface area contributed by atoms with Gasteiger partial charge in [0.1, 0.15) is 0 Å². The first kappa shape index (κ1) is 23.0. The fraction of sp³-hybridized carbons (Fsp3) is 0.269. The number of anilines is 1. The van der Waals surface area contributed by atoms with Gasteiger partial charge in [-0.2, -0.15) is 0 Å². The molecule has 0 radical (unpaired) electrons. The van der Waals surface area contributed by atoms with Crippen LogP contribution in [0.3, 0.4) is 0 Å². The first-order valence-corrected chi connectivity index (χ1v) is 12.7. The van der Waals surface area contributed by atoms with Crippen LogP contribution in [0.1, 0.15) is 38.1 Å². The Labute approximate surface area is 198 Å². The normalized spacial score (nSPS) is 14.8. The molecule has 2 amide bonds. The van der Waals surface area contributed by atoms with Crippen LogP contribution in [0.15, 0.2) is 77.7 Å². The molecule has 0 unspecified atom stereocenters. The van der Waals surface area contributed by atoms with Gasteiger partial charge in [-0.05, 0) is 66.9 Å². The third kappa shape index (κ3) is 5.80. The molecule has 6 nitrogen and oxygen atoms in total. The van der Waals surface area contributed by atoms with E-state index in [1.807, 2.05) is 49.4 Å². The fourth-order valence-electron chi connectivity index (χ4n) is 4.08. The summed E-state index contributed by atoms with van der Waals surface area (Å²) in [6, 6.07) is 21.5.